The summed E-state index contributed by atoms with van der Waals surface area (Å²) >= 11 is 1.75. The van der Waals surface area contributed by atoms with E-state index < -0.39 is 0 Å². The van der Waals surface area contributed by atoms with Gasteiger partial charge in [-0.25, -0.2) is 4.98 Å². The maximum atomic E-state index is 4.21. The number of nitrogens with one attached hydrogen (secondary N) is 1. The second-order valence-electron chi connectivity index (χ2n) is 2.49. The molecule has 2 nitrogen and oxygen atoms in total. The van der Waals surface area contributed by atoms with Gasteiger partial charge in [0.2, 0.25) is 0 Å². The Morgan fingerprint density at radius 1 is 1.55 bits per heavy atom. The summed E-state index contributed by atoms with van der Waals surface area (Å²) in [6.45, 7) is 1.12. The minimum absolute atomic E-state index is 1.12. The molecule has 0 aliphatic carbocycles. The van der Waals surface area contributed by atoms with E-state index in [4.69, 9.17) is 0 Å². The first-order valence-corrected chi connectivity index (χ1v) is 4.84. The molecule has 1 N–H and O–H groups in total. The highest BCUT2D eigenvalue weighted by atomic mass is 32.1. The highest BCUT2D eigenvalue weighted by Crippen LogP contribution is 2.07. The average molecular weight is 170 g/mol. The molecule has 0 amide bonds. The summed E-state index contributed by atoms with van der Waals surface area (Å²) in [5.41, 5.74) is 0. The zero-order valence-electron chi connectivity index (χ0n) is 6.84. The fourth-order valence-electron chi connectivity index (χ4n) is 0.954. The Labute approximate surface area is 71.7 Å². The van der Waals surface area contributed by atoms with Gasteiger partial charge in [0.05, 0.1) is 5.01 Å². The van der Waals surface area contributed by atoms with Gasteiger partial charge in [-0.1, -0.05) is 0 Å². The van der Waals surface area contributed by atoms with Gasteiger partial charge in [0.1, 0.15) is 0 Å². The molecule has 1 heterocycles. The van der Waals surface area contributed by atoms with E-state index in [1.165, 1.54) is 17.8 Å². The molecular weight excluding hydrogens is 156 g/mol. The van der Waals surface area contributed by atoms with Crippen molar-refractivity contribution in [3.63, 3.8) is 0 Å². The molecule has 1 aromatic heterocycles. The lowest BCUT2D eigenvalue weighted by Crippen LogP contribution is -2.07. The van der Waals surface area contributed by atoms with Crippen LogP contribution >= 0.6 is 11.3 Å². The molecule has 62 valence electrons. The van der Waals surface area contributed by atoms with Gasteiger partial charge >= 0.3 is 0 Å². The molecule has 0 spiro atoms. The third kappa shape index (κ3) is 3.49. The van der Waals surface area contributed by atoms with E-state index in [0.717, 1.165) is 13.0 Å². The number of thiazole rings is 1. The second-order valence-corrected chi connectivity index (χ2v) is 3.47. The fourth-order valence-corrected chi connectivity index (χ4v) is 1.62. The van der Waals surface area contributed by atoms with Crippen LogP contribution in [-0.4, -0.2) is 18.6 Å². The maximum Gasteiger partial charge on any atom is 0.0924 e. The van der Waals surface area contributed by atoms with Gasteiger partial charge in [0.25, 0.3) is 0 Å². The topological polar surface area (TPSA) is 24.9 Å². The normalized spacial score (nSPS) is 10.3. The van der Waals surface area contributed by atoms with Gasteiger partial charge in [-0.15, -0.1) is 11.3 Å². The number of unbranched alkanes of at least 4 members (excludes halogenated alkanes) is 1. The minimum atomic E-state index is 1.12. The summed E-state index contributed by atoms with van der Waals surface area (Å²) < 4.78 is 0. The van der Waals surface area contributed by atoms with Crippen molar-refractivity contribution in [3.8, 4) is 0 Å². The Balaban J connectivity index is 2.04. The molecule has 0 fully saturated rings. The quantitative estimate of drug-likeness (QED) is 0.680. The van der Waals surface area contributed by atoms with Gasteiger partial charge in [-0.05, 0) is 32.9 Å². The Hall–Kier alpha value is -0.410. The first-order chi connectivity index (χ1) is 5.43. The number of aromatic nitrogens is 1. The number of rotatable bonds is 5. The Morgan fingerprint density at radius 3 is 3.09 bits per heavy atom. The van der Waals surface area contributed by atoms with E-state index in [2.05, 4.69) is 10.3 Å². The van der Waals surface area contributed by atoms with Crippen LogP contribution in [0.25, 0.3) is 0 Å². The van der Waals surface area contributed by atoms with Crippen molar-refractivity contribution in [2.24, 2.45) is 0 Å². The van der Waals surface area contributed by atoms with Gasteiger partial charge in [0, 0.05) is 11.6 Å². The van der Waals surface area contributed by atoms with Gasteiger partial charge < -0.3 is 5.32 Å². The molecule has 11 heavy (non-hydrogen) atoms. The monoisotopic (exact) mass is 170 g/mol. The van der Waals surface area contributed by atoms with Crippen LogP contribution in [0.1, 0.15) is 17.8 Å². The van der Waals surface area contributed by atoms with E-state index in [0.29, 0.717) is 0 Å². The van der Waals surface area contributed by atoms with Crippen LogP contribution in [0.4, 0.5) is 0 Å². The summed E-state index contributed by atoms with van der Waals surface area (Å²) in [4.78, 5) is 4.21. The molecule has 0 saturated heterocycles. The van der Waals surface area contributed by atoms with Crippen LogP contribution in [0.15, 0.2) is 11.6 Å². The van der Waals surface area contributed by atoms with Crippen LogP contribution in [0, 0.1) is 0 Å². The third-order valence-corrected chi connectivity index (χ3v) is 2.39. The Morgan fingerprint density at radius 2 is 2.45 bits per heavy atom. The van der Waals surface area contributed by atoms with E-state index in [9.17, 15) is 0 Å². The molecule has 1 rings (SSSR count). The van der Waals surface area contributed by atoms with Gasteiger partial charge in [0.15, 0.2) is 0 Å². The van der Waals surface area contributed by atoms with Crippen LogP contribution in [-0.2, 0) is 6.42 Å². The van der Waals surface area contributed by atoms with E-state index in [1.54, 1.807) is 11.3 Å². The largest absolute Gasteiger partial charge is 0.320 e. The molecule has 0 atom stereocenters. The van der Waals surface area contributed by atoms with E-state index in [1.807, 2.05) is 18.6 Å². The van der Waals surface area contributed by atoms with Crippen molar-refractivity contribution in [3.05, 3.63) is 16.6 Å². The van der Waals surface area contributed by atoms with Crippen molar-refractivity contribution in [2.45, 2.75) is 19.3 Å². The smallest absolute Gasteiger partial charge is 0.0924 e. The van der Waals surface area contributed by atoms with Gasteiger partial charge in [-0.3, -0.25) is 0 Å². The van der Waals surface area contributed by atoms with Crippen LogP contribution in [0.2, 0.25) is 0 Å². The lowest BCUT2D eigenvalue weighted by molar-refractivity contribution is 0.676. The molecule has 0 aromatic carbocycles. The number of hydrogen-bond donors (Lipinski definition) is 1. The molecule has 1 aromatic rings. The van der Waals surface area contributed by atoms with E-state index in [-0.39, 0.29) is 0 Å². The summed E-state index contributed by atoms with van der Waals surface area (Å²) in [6.07, 6.45) is 5.50. The molecule has 0 bridgehead atoms. The van der Waals surface area contributed by atoms with Gasteiger partial charge in [-0.2, -0.15) is 0 Å². The molecular formula is C8H14N2S. The summed E-state index contributed by atoms with van der Waals surface area (Å²) in [5.74, 6) is 0. The highest BCUT2D eigenvalue weighted by molar-refractivity contribution is 7.09. The number of hydrogen-bond acceptors (Lipinski definition) is 3. The number of nitrogens with zero attached hydrogens (tertiary/aromatic N) is 1. The van der Waals surface area contributed by atoms with Crippen LogP contribution < -0.4 is 5.32 Å². The Kier molecular flexibility index (Phi) is 4.16. The van der Waals surface area contributed by atoms with Crippen LogP contribution in [0.5, 0.6) is 0 Å². The molecule has 0 radical (unpaired) electrons. The second kappa shape index (κ2) is 5.27. The zero-order valence-corrected chi connectivity index (χ0v) is 7.66. The lowest BCUT2D eigenvalue weighted by Gasteiger charge is -1.96. The fraction of sp³-hybridized carbons (Fsp3) is 0.625. The highest BCUT2D eigenvalue weighted by Gasteiger charge is 1.93. The first-order valence-electron chi connectivity index (χ1n) is 3.96. The predicted octanol–water partition coefficient (Wildman–Crippen LogP) is 1.69. The third-order valence-electron chi connectivity index (χ3n) is 1.55. The standard InChI is InChI=1S/C8H14N2S/c1-9-5-3-2-4-8-10-6-7-11-8/h6-7,9H,2-5H2,1H3. The summed E-state index contributed by atoms with van der Waals surface area (Å²) in [5, 5.41) is 6.43. The SMILES string of the molecule is CNCCCCc1nccs1. The van der Waals surface area contributed by atoms with Crippen molar-refractivity contribution >= 4 is 11.3 Å². The van der Waals surface area contributed by atoms with Crippen molar-refractivity contribution in [2.75, 3.05) is 13.6 Å². The van der Waals surface area contributed by atoms with E-state index >= 15 is 0 Å². The number of aryl methyl sites for hydroxylation is 1. The summed E-state index contributed by atoms with van der Waals surface area (Å²) in [7, 11) is 1.99. The zero-order chi connectivity index (χ0) is 7.94. The predicted molar refractivity (Wildman–Crippen MR) is 49.0 cm³/mol. The average Bonchev–Trinajstić information content (AvgIpc) is 2.50. The first kappa shape index (κ1) is 8.68. The minimum Gasteiger partial charge on any atom is -0.320 e. The van der Waals surface area contributed by atoms with Crippen molar-refractivity contribution in [1.29, 1.82) is 0 Å². The Bertz CT molecular complexity index is 172. The summed E-state index contributed by atoms with van der Waals surface area (Å²) in [6, 6.07) is 0. The molecule has 0 saturated carbocycles. The van der Waals surface area contributed by atoms with Crippen molar-refractivity contribution in [1.82, 2.24) is 10.3 Å². The van der Waals surface area contributed by atoms with Crippen LogP contribution in [0.3, 0.4) is 0 Å². The maximum absolute atomic E-state index is 4.21. The molecule has 0 unspecified atom stereocenters. The lowest BCUT2D eigenvalue weighted by atomic mass is 10.2. The molecule has 0 aliphatic heterocycles. The van der Waals surface area contributed by atoms with Crippen molar-refractivity contribution < 1.29 is 0 Å². The molecule has 3 heteroatoms. The molecule has 0 aliphatic rings.